The molecule has 35 heavy (non-hydrogen) atoms. The van der Waals surface area contributed by atoms with Crippen LogP contribution in [0.15, 0.2) is 54.7 Å². The van der Waals surface area contributed by atoms with E-state index in [1.165, 1.54) is 12.1 Å². The number of nitrogens with zero attached hydrogens (tertiary/aromatic N) is 2. The maximum Gasteiger partial charge on any atom is 0.335 e. The fourth-order valence-corrected chi connectivity index (χ4v) is 4.38. The number of aryl methyl sites for hydroxylation is 1. The van der Waals surface area contributed by atoms with Crippen LogP contribution in [0.25, 0.3) is 0 Å². The Balaban J connectivity index is 1.29. The van der Waals surface area contributed by atoms with Crippen LogP contribution in [0.2, 0.25) is 0 Å². The Bertz CT molecular complexity index is 1300. The van der Waals surface area contributed by atoms with Gasteiger partial charge in [-0.3, -0.25) is 4.79 Å². The molecule has 3 N–H and O–H groups in total. The van der Waals surface area contributed by atoms with Gasteiger partial charge in [-0.25, -0.2) is 18.6 Å². The molecular formula is C26H24F2N4O3. The SMILES string of the molecule is Cc1cnc(N2CC(Nc3ccc(F)cc3F)C2)c(C(=O)NC2(c3ccc(C(=O)O)cc3)CC2)c1. The van der Waals surface area contributed by atoms with E-state index < -0.39 is 23.1 Å². The van der Waals surface area contributed by atoms with Crippen molar-refractivity contribution in [2.75, 3.05) is 23.3 Å². The van der Waals surface area contributed by atoms with Crippen molar-refractivity contribution in [2.24, 2.45) is 0 Å². The predicted molar refractivity (Wildman–Crippen MR) is 127 cm³/mol. The van der Waals surface area contributed by atoms with Crippen LogP contribution in [-0.4, -0.2) is 41.1 Å². The minimum absolute atomic E-state index is 0.0727. The minimum atomic E-state index is -0.995. The van der Waals surface area contributed by atoms with Crippen molar-refractivity contribution in [2.45, 2.75) is 31.3 Å². The summed E-state index contributed by atoms with van der Waals surface area (Å²) in [5.74, 6) is -1.98. The third kappa shape index (κ3) is 4.53. The number of anilines is 2. The standard InChI is InChI=1S/C26H24F2N4O3/c1-15-10-20(24(33)31-26(8-9-26)17-4-2-16(3-5-17)25(34)35)23(29-12-15)32-13-19(14-32)30-22-7-6-18(27)11-21(22)28/h2-7,10-12,19,30H,8-9,13-14H2,1H3,(H,31,33)(H,34,35). The van der Waals surface area contributed by atoms with Crippen molar-refractivity contribution < 1.29 is 23.5 Å². The number of nitrogens with one attached hydrogen (secondary N) is 2. The number of pyridine rings is 1. The largest absolute Gasteiger partial charge is 0.478 e. The Morgan fingerprint density at radius 1 is 1.09 bits per heavy atom. The molecule has 2 aromatic carbocycles. The van der Waals surface area contributed by atoms with Gasteiger partial charge in [-0.2, -0.15) is 0 Å². The predicted octanol–water partition coefficient (Wildman–Crippen LogP) is 4.09. The quantitative estimate of drug-likeness (QED) is 0.474. The summed E-state index contributed by atoms with van der Waals surface area (Å²) in [7, 11) is 0. The van der Waals surface area contributed by atoms with Crippen LogP contribution < -0.4 is 15.5 Å². The van der Waals surface area contributed by atoms with Gasteiger partial charge in [-0.15, -0.1) is 0 Å². The second-order valence-corrected chi connectivity index (χ2v) is 9.17. The van der Waals surface area contributed by atoms with Crippen LogP contribution in [0.3, 0.4) is 0 Å². The first-order valence-electron chi connectivity index (χ1n) is 11.3. The fourth-order valence-electron chi connectivity index (χ4n) is 4.38. The lowest BCUT2D eigenvalue weighted by Gasteiger charge is -2.41. The van der Waals surface area contributed by atoms with Gasteiger partial charge in [0.2, 0.25) is 0 Å². The van der Waals surface area contributed by atoms with Gasteiger partial charge in [0.25, 0.3) is 5.91 Å². The highest BCUT2D eigenvalue weighted by Crippen LogP contribution is 2.46. The lowest BCUT2D eigenvalue weighted by atomic mass is 10.0. The molecular weight excluding hydrogens is 454 g/mol. The Kier molecular flexibility index (Phi) is 5.62. The lowest BCUT2D eigenvalue weighted by molar-refractivity contribution is 0.0696. The van der Waals surface area contributed by atoms with E-state index in [9.17, 15) is 18.4 Å². The number of carboxylic acids is 1. The number of rotatable bonds is 7. The first-order valence-corrected chi connectivity index (χ1v) is 11.3. The molecule has 2 aliphatic rings. The molecule has 0 radical (unpaired) electrons. The number of carboxylic acid groups (broad SMARTS) is 1. The van der Waals surface area contributed by atoms with E-state index in [0.29, 0.717) is 24.5 Å². The zero-order chi connectivity index (χ0) is 24.7. The van der Waals surface area contributed by atoms with Crippen LogP contribution in [0.1, 0.15) is 44.7 Å². The molecule has 0 spiro atoms. The summed E-state index contributed by atoms with van der Waals surface area (Å²) in [4.78, 5) is 30.9. The average Bonchev–Trinajstić information content (AvgIpc) is 3.58. The van der Waals surface area contributed by atoms with Crippen molar-refractivity contribution in [3.05, 3.63) is 88.6 Å². The monoisotopic (exact) mass is 478 g/mol. The zero-order valence-electron chi connectivity index (χ0n) is 19.0. The highest BCUT2D eigenvalue weighted by atomic mass is 19.1. The van der Waals surface area contributed by atoms with Gasteiger partial charge in [-0.05, 0) is 61.2 Å². The topological polar surface area (TPSA) is 94.6 Å². The van der Waals surface area contributed by atoms with E-state index in [1.807, 2.05) is 11.8 Å². The third-order valence-electron chi connectivity index (χ3n) is 6.51. The Morgan fingerprint density at radius 3 is 2.43 bits per heavy atom. The Hall–Kier alpha value is -4.01. The van der Waals surface area contributed by atoms with Crippen molar-refractivity contribution in [3.8, 4) is 0 Å². The number of aromatic carboxylic acids is 1. The summed E-state index contributed by atoms with van der Waals surface area (Å²) in [6.07, 6.45) is 3.22. The highest BCUT2D eigenvalue weighted by molar-refractivity contribution is 6.00. The number of carbonyl (C=O) groups is 2. The highest BCUT2D eigenvalue weighted by Gasteiger charge is 2.46. The Morgan fingerprint density at radius 2 is 1.80 bits per heavy atom. The molecule has 1 amide bonds. The molecule has 2 heterocycles. The molecule has 7 nitrogen and oxygen atoms in total. The van der Waals surface area contributed by atoms with Crippen molar-refractivity contribution in [1.29, 1.82) is 0 Å². The second-order valence-electron chi connectivity index (χ2n) is 9.17. The first-order chi connectivity index (χ1) is 16.7. The van der Waals surface area contributed by atoms with Gasteiger partial charge in [0.1, 0.15) is 17.5 Å². The van der Waals surface area contributed by atoms with Gasteiger partial charge in [0.05, 0.1) is 28.4 Å². The van der Waals surface area contributed by atoms with Gasteiger partial charge in [0.15, 0.2) is 0 Å². The number of carbonyl (C=O) groups excluding carboxylic acids is 1. The molecule has 9 heteroatoms. The number of hydrogen-bond acceptors (Lipinski definition) is 5. The molecule has 0 atom stereocenters. The summed E-state index contributed by atoms with van der Waals surface area (Å²) >= 11 is 0. The number of aromatic nitrogens is 1. The molecule has 1 aliphatic heterocycles. The molecule has 1 saturated carbocycles. The third-order valence-corrected chi connectivity index (χ3v) is 6.51. The van der Waals surface area contributed by atoms with E-state index in [4.69, 9.17) is 5.11 Å². The smallest absolute Gasteiger partial charge is 0.335 e. The fraction of sp³-hybridized carbons (Fsp3) is 0.269. The maximum atomic E-state index is 14.0. The molecule has 1 saturated heterocycles. The van der Waals surface area contributed by atoms with E-state index in [0.717, 1.165) is 30.0 Å². The van der Waals surface area contributed by atoms with Crippen LogP contribution in [0, 0.1) is 18.6 Å². The lowest BCUT2D eigenvalue weighted by Crippen LogP contribution is -2.56. The molecule has 180 valence electrons. The normalized spacial score (nSPS) is 16.4. The van der Waals surface area contributed by atoms with Gasteiger partial charge >= 0.3 is 5.97 Å². The summed E-state index contributed by atoms with van der Waals surface area (Å²) in [5, 5.41) is 15.3. The number of benzene rings is 2. The second kappa shape index (κ2) is 8.65. The van der Waals surface area contributed by atoms with Crippen LogP contribution in [0.4, 0.5) is 20.3 Å². The van der Waals surface area contributed by atoms with E-state index in [2.05, 4.69) is 15.6 Å². The average molecular weight is 478 g/mol. The van der Waals surface area contributed by atoms with Crippen LogP contribution in [0.5, 0.6) is 0 Å². The van der Waals surface area contributed by atoms with E-state index in [-0.39, 0.29) is 23.2 Å². The molecule has 3 aromatic rings. The first kappa shape index (κ1) is 22.8. The number of halogens is 2. The molecule has 1 aromatic heterocycles. The zero-order valence-corrected chi connectivity index (χ0v) is 19.0. The summed E-state index contributed by atoms with van der Waals surface area (Å²) in [6.45, 7) is 2.88. The van der Waals surface area contributed by atoms with Crippen molar-refractivity contribution in [3.63, 3.8) is 0 Å². The maximum absolute atomic E-state index is 14.0. The number of hydrogen-bond donors (Lipinski definition) is 3. The molecule has 0 bridgehead atoms. The van der Waals surface area contributed by atoms with Gasteiger partial charge in [-0.1, -0.05) is 12.1 Å². The van der Waals surface area contributed by atoms with Crippen molar-refractivity contribution >= 4 is 23.4 Å². The summed E-state index contributed by atoms with van der Waals surface area (Å²) < 4.78 is 27.1. The van der Waals surface area contributed by atoms with Gasteiger partial charge in [0, 0.05) is 25.4 Å². The van der Waals surface area contributed by atoms with Crippen LogP contribution >= 0.6 is 0 Å². The summed E-state index contributed by atoms with van der Waals surface area (Å²) in [6, 6.07) is 11.7. The molecule has 0 unspecified atom stereocenters. The summed E-state index contributed by atoms with van der Waals surface area (Å²) in [5.41, 5.74) is 2.07. The van der Waals surface area contributed by atoms with Crippen molar-refractivity contribution in [1.82, 2.24) is 10.3 Å². The molecule has 5 rings (SSSR count). The molecule has 1 aliphatic carbocycles. The molecule has 2 fully saturated rings. The van der Waals surface area contributed by atoms with E-state index in [1.54, 1.807) is 36.5 Å². The van der Waals surface area contributed by atoms with Gasteiger partial charge < -0.3 is 20.6 Å². The minimum Gasteiger partial charge on any atom is -0.478 e. The number of amides is 1. The van der Waals surface area contributed by atoms with Crippen LogP contribution in [-0.2, 0) is 5.54 Å². The Labute approximate surface area is 200 Å². The van der Waals surface area contributed by atoms with E-state index >= 15 is 0 Å².